The Morgan fingerprint density at radius 3 is 2.33 bits per heavy atom. The molecule has 4 nitrogen and oxygen atoms in total. The number of hydrogen-bond donors (Lipinski definition) is 0. The molecule has 0 radical (unpaired) electrons. The minimum atomic E-state index is -4.61. The van der Waals surface area contributed by atoms with Crippen molar-refractivity contribution in [1.29, 1.82) is 0 Å². The molecule has 1 amide bonds. The van der Waals surface area contributed by atoms with Crippen molar-refractivity contribution >= 4 is 22.0 Å². The largest absolute Gasteiger partial charge is 0.444 e. The summed E-state index contributed by atoms with van der Waals surface area (Å²) in [4.78, 5) is 13.6. The number of rotatable bonds is 3. The summed E-state index contributed by atoms with van der Waals surface area (Å²) in [6.07, 6.45) is -5.20. The first-order valence-electron chi connectivity index (χ1n) is 8.78. The number of halogens is 4. The molecule has 1 saturated heterocycles. The van der Waals surface area contributed by atoms with Crippen molar-refractivity contribution in [3.8, 4) is 0 Å². The molecule has 1 spiro atoms. The van der Waals surface area contributed by atoms with Crippen LogP contribution in [0.3, 0.4) is 0 Å². The fraction of sp³-hybridized carbons (Fsp3) is 0.632. The van der Waals surface area contributed by atoms with Crippen molar-refractivity contribution in [3.63, 3.8) is 0 Å². The predicted molar refractivity (Wildman–Crippen MR) is 97.6 cm³/mol. The molecule has 0 N–H and O–H groups in total. The first-order valence-corrected chi connectivity index (χ1v) is 9.69. The quantitative estimate of drug-likeness (QED) is 0.605. The Bertz CT molecular complexity index is 706. The number of hydrogen-bond acceptors (Lipinski definition) is 3. The number of carbonyl (C=O) groups excluding carboxylic acids is 1. The maximum absolute atomic E-state index is 14.1. The summed E-state index contributed by atoms with van der Waals surface area (Å²) in [7, 11) is 0. The molecule has 0 aromatic heterocycles. The van der Waals surface area contributed by atoms with Gasteiger partial charge in [-0.05, 0) is 32.8 Å². The van der Waals surface area contributed by atoms with Gasteiger partial charge in [-0.2, -0.15) is 13.2 Å². The lowest BCUT2D eigenvalue weighted by atomic mass is 9.98. The molecule has 3 unspecified atom stereocenters. The number of ether oxygens (including phenoxy) is 2. The number of nitrogens with zero attached hydrogens (tertiary/aromatic N) is 1. The second-order valence-corrected chi connectivity index (χ2v) is 9.39. The van der Waals surface area contributed by atoms with E-state index in [1.54, 1.807) is 51.1 Å². The SMILES string of the molecule is CC(C)(C)OC(=O)N1CC(OCc2ccccc2)(C(F)(F)F)CC12CC2Br. The predicted octanol–water partition coefficient (Wildman–Crippen LogP) is 5.05. The maximum Gasteiger partial charge on any atom is 0.419 e. The van der Waals surface area contributed by atoms with E-state index in [4.69, 9.17) is 9.47 Å². The smallest absolute Gasteiger partial charge is 0.419 e. The highest BCUT2D eigenvalue weighted by atomic mass is 79.9. The van der Waals surface area contributed by atoms with Crippen LogP contribution in [-0.2, 0) is 16.1 Å². The molecule has 1 aromatic carbocycles. The third-order valence-corrected chi connectivity index (χ3v) is 6.16. The fourth-order valence-corrected chi connectivity index (χ4v) is 4.47. The first kappa shape index (κ1) is 20.5. The van der Waals surface area contributed by atoms with Crippen LogP contribution < -0.4 is 0 Å². The van der Waals surface area contributed by atoms with Gasteiger partial charge in [0.05, 0.1) is 18.7 Å². The molecule has 150 valence electrons. The molecule has 27 heavy (non-hydrogen) atoms. The average Bonchev–Trinajstić information content (AvgIpc) is 3.02. The van der Waals surface area contributed by atoms with E-state index in [1.165, 1.54) is 4.90 Å². The van der Waals surface area contributed by atoms with E-state index in [0.717, 1.165) is 0 Å². The van der Waals surface area contributed by atoms with E-state index >= 15 is 0 Å². The normalized spacial score (nSPS) is 30.6. The van der Waals surface area contributed by atoms with E-state index in [-0.39, 0.29) is 17.9 Å². The summed E-state index contributed by atoms with van der Waals surface area (Å²) >= 11 is 3.40. The monoisotopic (exact) mass is 449 g/mol. The van der Waals surface area contributed by atoms with Crippen molar-refractivity contribution < 1.29 is 27.4 Å². The van der Waals surface area contributed by atoms with Gasteiger partial charge in [0.2, 0.25) is 0 Å². The molecular weight excluding hydrogens is 427 g/mol. The second-order valence-electron chi connectivity index (χ2n) is 8.28. The van der Waals surface area contributed by atoms with Gasteiger partial charge in [0.1, 0.15) is 5.60 Å². The van der Waals surface area contributed by atoms with Crippen LogP contribution in [0.5, 0.6) is 0 Å². The van der Waals surface area contributed by atoms with E-state index in [0.29, 0.717) is 12.0 Å². The molecule has 0 bridgehead atoms. The summed E-state index contributed by atoms with van der Waals surface area (Å²) in [5.41, 5.74) is -3.47. The third-order valence-electron chi connectivity index (χ3n) is 4.99. The van der Waals surface area contributed by atoms with Crippen LogP contribution in [0.4, 0.5) is 18.0 Å². The lowest BCUT2D eigenvalue weighted by Gasteiger charge is -2.32. The fourth-order valence-electron chi connectivity index (χ4n) is 3.50. The van der Waals surface area contributed by atoms with Crippen LogP contribution in [0.15, 0.2) is 30.3 Å². The highest BCUT2D eigenvalue weighted by Gasteiger charge is 2.74. The zero-order valence-electron chi connectivity index (χ0n) is 15.5. The highest BCUT2D eigenvalue weighted by molar-refractivity contribution is 9.09. The van der Waals surface area contributed by atoms with Crippen LogP contribution in [-0.4, -0.2) is 45.3 Å². The molecule has 1 saturated carbocycles. The van der Waals surface area contributed by atoms with Gasteiger partial charge in [-0.3, -0.25) is 4.90 Å². The highest BCUT2D eigenvalue weighted by Crippen LogP contribution is 2.60. The molecule has 8 heteroatoms. The van der Waals surface area contributed by atoms with Gasteiger partial charge in [0.15, 0.2) is 5.60 Å². The van der Waals surface area contributed by atoms with Gasteiger partial charge in [-0.1, -0.05) is 46.3 Å². The number of alkyl halides is 4. The minimum Gasteiger partial charge on any atom is -0.444 e. The van der Waals surface area contributed by atoms with Crippen molar-refractivity contribution in [2.45, 2.75) is 68.0 Å². The summed E-state index contributed by atoms with van der Waals surface area (Å²) in [5.74, 6) is 0. The summed E-state index contributed by atoms with van der Waals surface area (Å²) < 4.78 is 53.1. The zero-order valence-corrected chi connectivity index (χ0v) is 17.1. The van der Waals surface area contributed by atoms with Crippen LogP contribution in [0.25, 0.3) is 0 Å². The molecule has 1 aliphatic carbocycles. The van der Waals surface area contributed by atoms with Crippen LogP contribution in [0, 0.1) is 0 Å². The number of carbonyl (C=O) groups is 1. The molecule has 1 aliphatic heterocycles. The molecule has 1 heterocycles. The maximum atomic E-state index is 14.1. The summed E-state index contributed by atoms with van der Waals surface area (Å²) in [5, 5.41) is 0. The van der Waals surface area contributed by atoms with Crippen molar-refractivity contribution in [3.05, 3.63) is 35.9 Å². The van der Waals surface area contributed by atoms with Gasteiger partial charge in [0, 0.05) is 11.2 Å². The first-order chi connectivity index (χ1) is 12.4. The summed E-state index contributed by atoms with van der Waals surface area (Å²) in [6, 6.07) is 8.71. The lowest BCUT2D eigenvalue weighted by molar-refractivity contribution is -0.276. The number of benzene rings is 1. The topological polar surface area (TPSA) is 38.8 Å². The molecule has 3 rings (SSSR count). The lowest BCUT2D eigenvalue weighted by Crippen LogP contribution is -2.50. The molecule has 2 fully saturated rings. The molecule has 3 atom stereocenters. The molecule has 2 aliphatic rings. The van der Waals surface area contributed by atoms with Crippen LogP contribution in [0.2, 0.25) is 0 Å². The Kier molecular flexibility index (Phi) is 5.04. The Morgan fingerprint density at radius 1 is 1.26 bits per heavy atom. The van der Waals surface area contributed by atoms with Gasteiger partial charge >= 0.3 is 12.3 Å². The Balaban J connectivity index is 1.86. The Labute approximate surface area is 165 Å². The van der Waals surface area contributed by atoms with E-state index < -0.39 is 35.6 Å². The van der Waals surface area contributed by atoms with Crippen molar-refractivity contribution in [1.82, 2.24) is 4.90 Å². The van der Waals surface area contributed by atoms with Crippen molar-refractivity contribution in [2.24, 2.45) is 0 Å². The van der Waals surface area contributed by atoms with Crippen LogP contribution in [0.1, 0.15) is 39.2 Å². The number of amides is 1. The average molecular weight is 450 g/mol. The van der Waals surface area contributed by atoms with E-state index in [9.17, 15) is 18.0 Å². The van der Waals surface area contributed by atoms with Crippen LogP contribution >= 0.6 is 15.9 Å². The third kappa shape index (κ3) is 3.97. The summed E-state index contributed by atoms with van der Waals surface area (Å²) in [6.45, 7) is 4.32. The Morgan fingerprint density at radius 2 is 1.85 bits per heavy atom. The van der Waals surface area contributed by atoms with Gasteiger partial charge in [-0.15, -0.1) is 0 Å². The minimum absolute atomic E-state index is 0.175. The zero-order chi connectivity index (χ0) is 20.1. The Hall–Kier alpha value is -1.28. The molecular formula is C19H23BrF3NO3. The van der Waals surface area contributed by atoms with Crippen molar-refractivity contribution in [2.75, 3.05) is 6.54 Å². The second kappa shape index (κ2) is 6.65. The van der Waals surface area contributed by atoms with E-state index in [2.05, 4.69) is 15.9 Å². The van der Waals surface area contributed by atoms with Gasteiger partial charge < -0.3 is 9.47 Å². The van der Waals surface area contributed by atoms with Gasteiger partial charge in [-0.25, -0.2) is 4.79 Å². The standard InChI is InChI=1S/C19H23BrF3NO3/c1-16(2,3)27-15(25)24-12-18(19(21,22)23,11-17(24)9-14(17)20)26-10-13-7-5-4-6-8-13/h4-8,14H,9-12H2,1-3H3. The van der Waals surface area contributed by atoms with E-state index in [1.807, 2.05) is 0 Å². The van der Waals surface area contributed by atoms with Gasteiger partial charge in [0.25, 0.3) is 0 Å². The molecule has 1 aromatic rings. The number of likely N-dealkylation sites (tertiary alicyclic amines) is 1.